The van der Waals surface area contributed by atoms with Crippen LogP contribution in [0.25, 0.3) is 0 Å². The molecule has 0 saturated carbocycles. The van der Waals surface area contributed by atoms with Gasteiger partial charge in [-0.2, -0.15) is 0 Å². The first-order chi connectivity index (χ1) is 6.87. The summed E-state index contributed by atoms with van der Waals surface area (Å²) in [7, 11) is 0. The fourth-order valence-electron chi connectivity index (χ4n) is 1.45. The predicted molar refractivity (Wildman–Crippen MR) is 63.4 cm³/mol. The summed E-state index contributed by atoms with van der Waals surface area (Å²) >= 11 is 0. The molecule has 0 aliphatic carbocycles. The molecule has 0 aliphatic rings. The smallest absolute Gasteiger partial charge is 0.239 e. The lowest BCUT2D eigenvalue weighted by Gasteiger charge is -2.28. The zero-order valence-electron chi connectivity index (χ0n) is 10.4. The van der Waals surface area contributed by atoms with Crippen LogP contribution in [0.15, 0.2) is 0 Å². The maximum atomic E-state index is 11.9. The average molecular weight is 210 g/mol. The molecule has 1 N–H and O–H groups in total. The van der Waals surface area contributed by atoms with Crippen molar-refractivity contribution in [3.05, 3.63) is 0 Å². The lowest BCUT2D eigenvalue weighted by atomic mass is 10.1. The van der Waals surface area contributed by atoms with Crippen LogP contribution >= 0.6 is 0 Å². The molecule has 0 bridgehead atoms. The minimum Gasteiger partial charge on any atom is -0.342 e. The Morgan fingerprint density at radius 1 is 1.47 bits per heavy atom. The molecule has 0 heterocycles. The Morgan fingerprint density at radius 3 is 2.27 bits per heavy atom. The van der Waals surface area contributed by atoms with Crippen molar-refractivity contribution < 1.29 is 4.79 Å². The third-order valence-corrected chi connectivity index (χ3v) is 2.38. The molecule has 0 fully saturated rings. The lowest BCUT2D eigenvalue weighted by molar-refractivity contribution is -0.133. The Labute approximate surface area is 93.2 Å². The van der Waals surface area contributed by atoms with Crippen molar-refractivity contribution in [3.63, 3.8) is 0 Å². The maximum Gasteiger partial charge on any atom is 0.239 e. The molecule has 3 nitrogen and oxygen atoms in total. The van der Waals surface area contributed by atoms with Crippen molar-refractivity contribution >= 4 is 5.91 Å². The van der Waals surface area contributed by atoms with Crippen LogP contribution in [0.4, 0.5) is 0 Å². The van der Waals surface area contributed by atoms with Crippen LogP contribution in [0, 0.1) is 12.3 Å². The third kappa shape index (κ3) is 4.35. The van der Waals surface area contributed by atoms with E-state index in [-0.39, 0.29) is 11.9 Å². The Balaban J connectivity index is 4.40. The van der Waals surface area contributed by atoms with Gasteiger partial charge in [0.15, 0.2) is 0 Å². The first-order valence-electron chi connectivity index (χ1n) is 5.42. The van der Waals surface area contributed by atoms with Crippen LogP contribution in [0.3, 0.4) is 0 Å². The Bertz CT molecular complexity index is 249. The van der Waals surface area contributed by atoms with Gasteiger partial charge in [-0.1, -0.05) is 5.92 Å². The van der Waals surface area contributed by atoms with Crippen LogP contribution in [-0.4, -0.2) is 35.5 Å². The summed E-state index contributed by atoms with van der Waals surface area (Å²) in [5, 5.41) is 3.13. The second-order valence-electron chi connectivity index (χ2n) is 4.15. The molecule has 0 saturated heterocycles. The van der Waals surface area contributed by atoms with E-state index in [2.05, 4.69) is 11.2 Å². The summed E-state index contributed by atoms with van der Waals surface area (Å²) in [4.78, 5) is 13.7. The summed E-state index contributed by atoms with van der Waals surface area (Å²) in [6.45, 7) is 11.0. The Morgan fingerprint density at radius 2 is 1.93 bits per heavy atom. The number of likely N-dealkylation sites (N-methyl/N-ethyl adjacent to an activating group) is 1. The molecule has 15 heavy (non-hydrogen) atoms. The number of carbonyl (C=O) groups excluding carboxylic acids is 1. The fourth-order valence-corrected chi connectivity index (χ4v) is 1.45. The zero-order valence-corrected chi connectivity index (χ0v) is 10.4. The van der Waals surface area contributed by atoms with Crippen molar-refractivity contribution in [2.24, 2.45) is 0 Å². The molecule has 0 rings (SSSR count). The molecule has 86 valence electrons. The van der Waals surface area contributed by atoms with Crippen LogP contribution in [0.2, 0.25) is 0 Å². The van der Waals surface area contributed by atoms with Gasteiger partial charge in [-0.3, -0.25) is 10.1 Å². The molecule has 0 aliphatic heterocycles. The van der Waals surface area contributed by atoms with E-state index in [9.17, 15) is 4.79 Å². The van der Waals surface area contributed by atoms with Crippen LogP contribution < -0.4 is 5.32 Å². The van der Waals surface area contributed by atoms with Gasteiger partial charge in [-0.25, -0.2) is 0 Å². The lowest BCUT2D eigenvalue weighted by Crippen LogP contribution is -2.51. The highest BCUT2D eigenvalue weighted by molar-refractivity contribution is 5.81. The molecule has 1 amide bonds. The highest BCUT2D eigenvalue weighted by Crippen LogP contribution is 2.03. The summed E-state index contributed by atoms with van der Waals surface area (Å²) in [5.74, 6) is 2.72. The van der Waals surface area contributed by atoms with Crippen LogP contribution in [-0.2, 0) is 4.79 Å². The van der Waals surface area contributed by atoms with Crippen LogP contribution in [0.5, 0.6) is 0 Å². The molecule has 0 aromatic carbocycles. The minimum atomic E-state index is -0.442. The van der Waals surface area contributed by atoms with Crippen molar-refractivity contribution in [3.8, 4) is 12.3 Å². The van der Waals surface area contributed by atoms with Gasteiger partial charge in [0, 0.05) is 13.1 Å². The van der Waals surface area contributed by atoms with E-state index in [1.165, 1.54) is 0 Å². The highest BCUT2D eigenvalue weighted by Gasteiger charge is 2.23. The van der Waals surface area contributed by atoms with E-state index in [4.69, 9.17) is 6.42 Å². The number of nitrogens with one attached hydrogen (secondary N) is 1. The first kappa shape index (κ1) is 14.0. The van der Waals surface area contributed by atoms with E-state index in [1.54, 1.807) is 4.90 Å². The van der Waals surface area contributed by atoms with Gasteiger partial charge in [0.1, 0.15) is 0 Å². The molecule has 0 aromatic heterocycles. The number of terminal acetylenes is 1. The maximum absolute atomic E-state index is 11.9. The van der Waals surface area contributed by atoms with E-state index >= 15 is 0 Å². The number of rotatable bonds is 5. The summed E-state index contributed by atoms with van der Waals surface area (Å²) < 4.78 is 0. The van der Waals surface area contributed by atoms with Gasteiger partial charge in [0.25, 0.3) is 0 Å². The number of amides is 1. The molecule has 0 aromatic rings. The summed E-state index contributed by atoms with van der Waals surface area (Å²) in [6, 6.07) is -0.240. The Hall–Kier alpha value is -1.01. The van der Waals surface area contributed by atoms with Gasteiger partial charge in [0.2, 0.25) is 5.91 Å². The average Bonchev–Trinajstić information content (AvgIpc) is 2.19. The van der Waals surface area contributed by atoms with E-state index in [0.717, 1.165) is 13.1 Å². The summed E-state index contributed by atoms with van der Waals surface area (Å²) in [6.07, 6.45) is 5.36. The number of nitrogens with zero attached hydrogens (tertiary/aromatic N) is 1. The SMILES string of the molecule is C#CC(C)(C)NC(C)C(=O)N(CC)CC. The normalized spacial score (nSPS) is 13.1. The van der Waals surface area contributed by atoms with E-state index < -0.39 is 5.54 Å². The number of carbonyl (C=O) groups is 1. The quantitative estimate of drug-likeness (QED) is 0.693. The largest absolute Gasteiger partial charge is 0.342 e. The second-order valence-corrected chi connectivity index (χ2v) is 4.15. The molecule has 1 atom stereocenters. The molecule has 3 heteroatoms. The molecule has 1 unspecified atom stereocenters. The molecular weight excluding hydrogens is 188 g/mol. The van der Waals surface area contributed by atoms with Gasteiger partial charge in [-0.15, -0.1) is 6.42 Å². The Kier molecular flexibility index (Phi) is 5.38. The monoisotopic (exact) mass is 210 g/mol. The minimum absolute atomic E-state index is 0.100. The second kappa shape index (κ2) is 5.77. The van der Waals surface area contributed by atoms with Crippen LogP contribution in [0.1, 0.15) is 34.6 Å². The van der Waals surface area contributed by atoms with Crippen molar-refractivity contribution in [2.75, 3.05) is 13.1 Å². The third-order valence-electron chi connectivity index (χ3n) is 2.38. The summed E-state index contributed by atoms with van der Waals surface area (Å²) in [5.41, 5.74) is -0.442. The van der Waals surface area contributed by atoms with E-state index in [1.807, 2.05) is 34.6 Å². The van der Waals surface area contributed by atoms with Gasteiger partial charge in [-0.05, 0) is 34.6 Å². The standard InChI is InChI=1S/C12H22N2O/c1-7-12(5,6)13-10(4)11(15)14(8-2)9-3/h1,10,13H,8-9H2,2-6H3. The van der Waals surface area contributed by atoms with Crippen molar-refractivity contribution in [1.82, 2.24) is 10.2 Å². The fraction of sp³-hybridized carbons (Fsp3) is 0.750. The zero-order chi connectivity index (χ0) is 12.1. The number of hydrogen-bond acceptors (Lipinski definition) is 2. The molecular formula is C12H22N2O. The highest BCUT2D eigenvalue weighted by atomic mass is 16.2. The van der Waals surface area contributed by atoms with Crippen molar-refractivity contribution in [1.29, 1.82) is 0 Å². The van der Waals surface area contributed by atoms with Crippen molar-refractivity contribution in [2.45, 2.75) is 46.2 Å². The number of hydrogen-bond donors (Lipinski definition) is 1. The van der Waals surface area contributed by atoms with Gasteiger partial charge < -0.3 is 4.90 Å². The topological polar surface area (TPSA) is 32.3 Å². The van der Waals surface area contributed by atoms with Gasteiger partial charge in [0.05, 0.1) is 11.6 Å². The predicted octanol–water partition coefficient (Wildman–Crippen LogP) is 1.24. The van der Waals surface area contributed by atoms with E-state index in [0.29, 0.717) is 0 Å². The molecule has 0 spiro atoms. The van der Waals surface area contributed by atoms with Gasteiger partial charge >= 0.3 is 0 Å². The molecule has 0 radical (unpaired) electrons. The first-order valence-corrected chi connectivity index (χ1v) is 5.42.